The van der Waals surface area contributed by atoms with Crippen molar-refractivity contribution in [2.45, 2.75) is 85.6 Å². The van der Waals surface area contributed by atoms with Gasteiger partial charge >= 0.3 is 0 Å². The summed E-state index contributed by atoms with van der Waals surface area (Å²) in [4.78, 5) is 2.44. The minimum Gasteiger partial charge on any atom is -0.388 e. The van der Waals surface area contributed by atoms with Gasteiger partial charge < -0.3 is 10.2 Å². The van der Waals surface area contributed by atoms with Crippen molar-refractivity contribution < 1.29 is 0 Å². The van der Waals surface area contributed by atoms with Gasteiger partial charge in [-0.05, 0) is 52.1 Å². The van der Waals surface area contributed by atoms with Crippen LogP contribution in [0, 0.1) is 11.8 Å². The molecule has 2 heteroatoms. The molecule has 1 unspecified atom stereocenters. The van der Waals surface area contributed by atoms with E-state index in [1.807, 2.05) is 0 Å². The van der Waals surface area contributed by atoms with Crippen molar-refractivity contribution in [3.05, 3.63) is 12.3 Å². The van der Waals surface area contributed by atoms with Crippen LogP contribution in [0.4, 0.5) is 0 Å². The predicted octanol–water partition coefficient (Wildman–Crippen LogP) is 5.45. The first-order valence-electron chi connectivity index (χ1n) is 9.47. The molecule has 0 aliphatic carbocycles. The second-order valence-corrected chi connectivity index (χ2v) is 7.65. The Morgan fingerprint density at radius 2 is 1.45 bits per heavy atom. The minimum atomic E-state index is 0.543. The molecule has 0 aliphatic heterocycles. The average Bonchev–Trinajstić information content (AvgIpc) is 2.46. The van der Waals surface area contributed by atoms with Crippen molar-refractivity contribution in [2.75, 3.05) is 20.1 Å². The van der Waals surface area contributed by atoms with E-state index in [0.717, 1.165) is 12.5 Å². The van der Waals surface area contributed by atoms with Crippen LogP contribution in [0.2, 0.25) is 0 Å². The molecule has 0 radical (unpaired) electrons. The zero-order valence-corrected chi connectivity index (χ0v) is 16.3. The van der Waals surface area contributed by atoms with E-state index in [4.69, 9.17) is 0 Å². The highest BCUT2D eigenvalue weighted by Crippen LogP contribution is 2.13. The molecule has 0 spiro atoms. The minimum absolute atomic E-state index is 0.543. The summed E-state index contributed by atoms with van der Waals surface area (Å²) in [6, 6.07) is 0.682. The third kappa shape index (κ3) is 12.1. The zero-order chi connectivity index (χ0) is 17.0. The van der Waals surface area contributed by atoms with Gasteiger partial charge in [-0.2, -0.15) is 0 Å². The molecule has 0 aromatic carbocycles. The van der Waals surface area contributed by atoms with Crippen LogP contribution in [-0.4, -0.2) is 31.1 Å². The standard InChI is InChI=1S/C20H42N2/c1-17(2)20(6)21-16-19(5)14-12-10-8-9-11-13-15-22(7)18(3)4/h17-19,21H,6,8-16H2,1-5,7H3. The van der Waals surface area contributed by atoms with Crippen LogP contribution < -0.4 is 5.32 Å². The first-order valence-corrected chi connectivity index (χ1v) is 9.47. The fourth-order valence-corrected chi connectivity index (χ4v) is 2.43. The highest BCUT2D eigenvalue weighted by atomic mass is 15.1. The van der Waals surface area contributed by atoms with Crippen molar-refractivity contribution in [3.8, 4) is 0 Å². The first-order chi connectivity index (χ1) is 10.3. The smallest absolute Gasteiger partial charge is 0.0169 e. The predicted molar refractivity (Wildman–Crippen MR) is 101 cm³/mol. The number of allylic oxidation sites excluding steroid dienone is 1. The molecule has 1 N–H and O–H groups in total. The molecule has 0 aromatic rings. The van der Waals surface area contributed by atoms with Gasteiger partial charge in [-0.3, -0.25) is 0 Å². The summed E-state index contributed by atoms with van der Waals surface area (Å²) in [5.41, 5.74) is 1.18. The van der Waals surface area contributed by atoms with Crippen molar-refractivity contribution in [3.63, 3.8) is 0 Å². The van der Waals surface area contributed by atoms with Gasteiger partial charge in [0.1, 0.15) is 0 Å². The molecule has 0 saturated heterocycles. The molecule has 0 aliphatic rings. The second-order valence-electron chi connectivity index (χ2n) is 7.65. The summed E-state index contributed by atoms with van der Waals surface area (Å²) in [5, 5.41) is 3.47. The van der Waals surface area contributed by atoms with Crippen molar-refractivity contribution in [1.82, 2.24) is 10.2 Å². The summed E-state index contributed by atoms with van der Waals surface area (Å²) in [6.07, 6.45) is 9.68. The van der Waals surface area contributed by atoms with E-state index in [1.54, 1.807) is 0 Å². The Kier molecular flexibility index (Phi) is 12.7. The van der Waals surface area contributed by atoms with Gasteiger partial charge in [-0.1, -0.05) is 59.5 Å². The van der Waals surface area contributed by atoms with Crippen LogP contribution in [-0.2, 0) is 0 Å². The van der Waals surface area contributed by atoms with E-state index in [9.17, 15) is 0 Å². The summed E-state index contributed by atoms with van der Waals surface area (Å²) in [6.45, 7) is 17.7. The number of nitrogens with one attached hydrogen (secondary N) is 1. The quantitative estimate of drug-likeness (QED) is 0.429. The molecule has 0 fully saturated rings. The molecule has 0 aromatic heterocycles. The Morgan fingerprint density at radius 1 is 0.909 bits per heavy atom. The molecule has 22 heavy (non-hydrogen) atoms. The third-order valence-electron chi connectivity index (χ3n) is 4.71. The molecule has 0 heterocycles. The fourth-order valence-electron chi connectivity index (χ4n) is 2.43. The summed E-state index contributed by atoms with van der Waals surface area (Å²) >= 11 is 0. The van der Waals surface area contributed by atoms with E-state index in [1.165, 1.54) is 57.2 Å². The summed E-state index contributed by atoms with van der Waals surface area (Å²) in [7, 11) is 2.23. The van der Waals surface area contributed by atoms with E-state index >= 15 is 0 Å². The highest BCUT2D eigenvalue weighted by molar-refractivity contribution is 4.94. The lowest BCUT2D eigenvalue weighted by Gasteiger charge is -2.20. The zero-order valence-electron chi connectivity index (χ0n) is 16.3. The molecule has 132 valence electrons. The van der Waals surface area contributed by atoms with Gasteiger partial charge in [-0.15, -0.1) is 0 Å². The lowest BCUT2D eigenvalue weighted by molar-refractivity contribution is 0.267. The lowest BCUT2D eigenvalue weighted by Crippen LogP contribution is -2.27. The molecule has 0 rings (SSSR count). The average molecular weight is 311 g/mol. The molecular weight excluding hydrogens is 268 g/mol. The number of hydrogen-bond acceptors (Lipinski definition) is 2. The van der Waals surface area contributed by atoms with Crippen molar-refractivity contribution in [1.29, 1.82) is 0 Å². The van der Waals surface area contributed by atoms with Gasteiger partial charge in [0.05, 0.1) is 0 Å². The van der Waals surface area contributed by atoms with Crippen LogP contribution in [0.1, 0.15) is 79.6 Å². The maximum absolute atomic E-state index is 4.07. The van der Waals surface area contributed by atoms with Gasteiger partial charge in [-0.25, -0.2) is 0 Å². The van der Waals surface area contributed by atoms with Gasteiger partial charge in [0.25, 0.3) is 0 Å². The summed E-state index contributed by atoms with van der Waals surface area (Å²) < 4.78 is 0. The second kappa shape index (κ2) is 13.0. The monoisotopic (exact) mass is 310 g/mol. The topological polar surface area (TPSA) is 15.3 Å². The molecule has 1 atom stereocenters. The van der Waals surface area contributed by atoms with Crippen LogP contribution in [0.3, 0.4) is 0 Å². The SMILES string of the molecule is C=C(NCC(C)CCCCCCCCN(C)C(C)C)C(C)C. The Labute approximate surface area is 140 Å². The molecule has 0 saturated carbocycles. The third-order valence-corrected chi connectivity index (χ3v) is 4.71. The number of hydrogen-bond donors (Lipinski definition) is 1. The van der Waals surface area contributed by atoms with Crippen molar-refractivity contribution in [2.24, 2.45) is 11.8 Å². The fraction of sp³-hybridized carbons (Fsp3) is 0.900. The summed E-state index contributed by atoms with van der Waals surface area (Å²) in [5.74, 6) is 1.30. The van der Waals surface area contributed by atoms with Crippen LogP contribution >= 0.6 is 0 Å². The first kappa shape index (κ1) is 21.5. The Hall–Kier alpha value is -0.500. The van der Waals surface area contributed by atoms with E-state index < -0.39 is 0 Å². The van der Waals surface area contributed by atoms with E-state index in [0.29, 0.717) is 12.0 Å². The van der Waals surface area contributed by atoms with Crippen LogP contribution in [0.15, 0.2) is 12.3 Å². The normalized spacial score (nSPS) is 13.1. The lowest BCUT2D eigenvalue weighted by atomic mass is 10.0. The molecule has 2 nitrogen and oxygen atoms in total. The van der Waals surface area contributed by atoms with E-state index in [-0.39, 0.29) is 0 Å². The molecule has 0 bridgehead atoms. The van der Waals surface area contributed by atoms with Crippen molar-refractivity contribution >= 4 is 0 Å². The number of nitrogens with zero attached hydrogens (tertiary/aromatic N) is 1. The number of rotatable bonds is 14. The Balaban J connectivity index is 3.37. The maximum Gasteiger partial charge on any atom is 0.0169 e. The molecule has 0 amide bonds. The van der Waals surface area contributed by atoms with Crippen LogP contribution in [0.25, 0.3) is 0 Å². The molecular formula is C20H42N2. The number of unbranched alkanes of at least 4 members (excludes halogenated alkanes) is 5. The van der Waals surface area contributed by atoms with Gasteiger partial charge in [0.2, 0.25) is 0 Å². The largest absolute Gasteiger partial charge is 0.388 e. The van der Waals surface area contributed by atoms with Gasteiger partial charge in [0, 0.05) is 18.3 Å². The Morgan fingerprint density at radius 3 is 2.00 bits per heavy atom. The van der Waals surface area contributed by atoms with Gasteiger partial charge in [0.15, 0.2) is 0 Å². The highest BCUT2D eigenvalue weighted by Gasteiger charge is 2.05. The Bertz CT molecular complexity index is 271. The maximum atomic E-state index is 4.07. The van der Waals surface area contributed by atoms with E-state index in [2.05, 4.69) is 58.5 Å². The van der Waals surface area contributed by atoms with Crippen LogP contribution in [0.5, 0.6) is 0 Å².